The molecule has 84 valence electrons. The number of benzene rings is 1. The van der Waals surface area contributed by atoms with Crippen molar-refractivity contribution in [2.24, 2.45) is 11.7 Å². The summed E-state index contributed by atoms with van der Waals surface area (Å²) >= 11 is 5.97. The molecule has 0 aliphatic heterocycles. The summed E-state index contributed by atoms with van der Waals surface area (Å²) in [5.41, 5.74) is 6.79. The van der Waals surface area contributed by atoms with Gasteiger partial charge in [-0.05, 0) is 36.1 Å². The number of rotatable bonds is 4. The quantitative estimate of drug-likeness (QED) is 0.842. The summed E-state index contributed by atoms with van der Waals surface area (Å²) in [4.78, 5) is 0. The normalized spacial score (nSPS) is 15.0. The standard InChI is InChI=1S/C12H17ClFN/c1-3-8(2)12(15)7-9-6-10(14)4-5-11(9)13/h4-6,8,12H,3,7,15H2,1-2H3. The molecular formula is C12H17ClFN. The van der Waals surface area contributed by atoms with Crippen molar-refractivity contribution in [2.45, 2.75) is 32.7 Å². The molecule has 1 aromatic carbocycles. The van der Waals surface area contributed by atoms with E-state index in [-0.39, 0.29) is 11.9 Å². The first-order valence-corrected chi connectivity index (χ1v) is 5.62. The lowest BCUT2D eigenvalue weighted by Crippen LogP contribution is -2.30. The van der Waals surface area contributed by atoms with Gasteiger partial charge in [0.15, 0.2) is 0 Å². The maximum absolute atomic E-state index is 13.0. The molecule has 0 amide bonds. The van der Waals surface area contributed by atoms with Crippen LogP contribution in [0, 0.1) is 11.7 Å². The van der Waals surface area contributed by atoms with Crippen molar-refractivity contribution in [3.05, 3.63) is 34.6 Å². The van der Waals surface area contributed by atoms with Crippen LogP contribution in [0.4, 0.5) is 4.39 Å². The number of halogens is 2. The van der Waals surface area contributed by atoms with Crippen LogP contribution in [0.2, 0.25) is 5.02 Å². The molecule has 0 bridgehead atoms. The molecule has 2 N–H and O–H groups in total. The first-order chi connectivity index (χ1) is 7.04. The van der Waals surface area contributed by atoms with E-state index in [0.29, 0.717) is 17.4 Å². The Morgan fingerprint density at radius 2 is 2.13 bits per heavy atom. The molecule has 0 spiro atoms. The Morgan fingerprint density at radius 3 is 2.73 bits per heavy atom. The molecule has 0 aromatic heterocycles. The van der Waals surface area contributed by atoms with Crippen LogP contribution < -0.4 is 5.73 Å². The third-order valence-electron chi connectivity index (χ3n) is 2.84. The van der Waals surface area contributed by atoms with Crippen LogP contribution in [0.5, 0.6) is 0 Å². The minimum atomic E-state index is -0.259. The van der Waals surface area contributed by atoms with Gasteiger partial charge in [-0.25, -0.2) is 4.39 Å². The Bertz CT molecular complexity index is 327. The SMILES string of the molecule is CCC(C)C(N)Cc1cc(F)ccc1Cl. The Morgan fingerprint density at radius 1 is 1.47 bits per heavy atom. The van der Waals surface area contributed by atoms with Gasteiger partial charge < -0.3 is 5.73 Å². The lowest BCUT2D eigenvalue weighted by atomic mass is 9.94. The van der Waals surface area contributed by atoms with E-state index in [9.17, 15) is 4.39 Å². The van der Waals surface area contributed by atoms with Crippen LogP contribution in [0.1, 0.15) is 25.8 Å². The summed E-state index contributed by atoms with van der Waals surface area (Å²) in [7, 11) is 0. The van der Waals surface area contributed by atoms with Crippen molar-refractivity contribution in [1.29, 1.82) is 0 Å². The zero-order valence-electron chi connectivity index (χ0n) is 9.13. The fraction of sp³-hybridized carbons (Fsp3) is 0.500. The van der Waals surface area contributed by atoms with Gasteiger partial charge in [0.1, 0.15) is 5.82 Å². The fourth-order valence-corrected chi connectivity index (χ4v) is 1.65. The number of hydrogen-bond acceptors (Lipinski definition) is 1. The molecule has 1 aromatic rings. The molecule has 1 nitrogen and oxygen atoms in total. The highest BCUT2D eigenvalue weighted by atomic mass is 35.5. The molecule has 0 aliphatic rings. The summed E-state index contributed by atoms with van der Waals surface area (Å²) in [5, 5.41) is 0.593. The van der Waals surface area contributed by atoms with Crippen LogP contribution in [-0.4, -0.2) is 6.04 Å². The van der Waals surface area contributed by atoms with Gasteiger partial charge in [0.25, 0.3) is 0 Å². The van der Waals surface area contributed by atoms with Crippen molar-refractivity contribution in [2.75, 3.05) is 0 Å². The molecule has 2 unspecified atom stereocenters. The van der Waals surface area contributed by atoms with Gasteiger partial charge in [0.2, 0.25) is 0 Å². The summed E-state index contributed by atoms with van der Waals surface area (Å²) in [5.74, 6) is 0.162. The Balaban J connectivity index is 2.75. The zero-order chi connectivity index (χ0) is 11.4. The van der Waals surface area contributed by atoms with Crippen LogP contribution in [0.25, 0.3) is 0 Å². The second kappa shape index (κ2) is 5.47. The van der Waals surface area contributed by atoms with E-state index < -0.39 is 0 Å². The molecule has 0 fully saturated rings. The van der Waals surface area contributed by atoms with Gasteiger partial charge in [0, 0.05) is 11.1 Å². The largest absolute Gasteiger partial charge is 0.327 e. The van der Waals surface area contributed by atoms with E-state index in [1.807, 2.05) is 0 Å². The van der Waals surface area contributed by atoms with Gasteiger partial charge in [0.05, 0.1) is 0 Å². The minimum Gasteiger partial charge on any atom is -0.327 e. The maximum Gasteiger partial charge on any atom is 0.123 e. The molecule has 0 heterocycles. The molecule has 1 rings (SSSR count). The monoisotopic (exact) mass is 229 g/mol. The Hall–Kier alpha value is -0.600. The maximum atomic E-state index is 13.0. The number of hydrogen-bond donors (Lipinski definition) is 1. The van der Waals surface area contributed by atoms with Gasteiger partial charge in [-0.15, -0.1) is 0 Å². The van der Waals surface area contributed by atoms with E-state index in [2.05, 4.69) is 13.8 Å². The van der Waals surface area contributed by atoms with Gasteiger partial charge in [-0.3, -0.25) is 0 Å². The average molecular weight is 230 g/mol. The second-order valence-electron chi connectivity index (χ2n) is 3.99. The smallest absolute Gasteiger partial charge is 0.123 e. The molecule has 0 aliphatic carbocycles. The van der Waals surface area contributed by atoms with Gasteiger partial charge in [-0.2, -0.15) is 0 Å². The van der Waals surface area contributed by atoms with Gasteiger partial charge in [-0.1, -0.05) is 31.9 Å². The third-order valence-corrected chi connectivity index (χ3v) is 3.21. The summed E-state index contributed by atoms with van der Waals surface area (Å²) < 4.78 is 13.0. The highest BCUT2D eigenvalue weighted by Crippen LogP contribution is 2.20. The molecular weight excluding hydrogens is 213 g/mol. The minimum absolute atomic E-state index is 0.0364. The van der Waals surface area contributed by atoms with Gasteiger partial charge >= 0.3 is 0 Å². The lowest BCUT2D eigenvalue weighted by Gasteiger charge is -2.18. The zero-order valence-corrected chi connectivity index (χ0v) is 9.89. The third kappa shape index (κ3) is 3.47. The van der Waals surface area contributed by atoms with E-state index >= 15 is 0 Å². The molecule has 3 heteroatoms. The average Bonchev–Trinajstić information content (AvgIpc) is 2.22. The summed E-state index contributed by atoms with van der Waals surface area (Å²) in [6.45, 7) is 4.19. The van der Waals surface area contributed by atoms with Crippen LogP contribution in [0.3, 0.4) is 0 Å². The molecule has 15 heavy (non-hydrogen) atoms. The lowest BCUT2D eigenvalue weighted by molar-refractivity contribution is 0.439. The molecule has 0 saturated heterocycles. The van der Waals surface area contributed by atoms with Crippen LogP contribution in [-0.2, 0) is 6.42 Å². The van der Waals surface area contributed by atoms with Crippen LogP contribution >= 0.6 is 11.6 Å². The summed E-state index contributed by atoms with van der Waals surface area (Å²) in [6.07, 6.45) is 1.65. The number of nitrogens with two attached hydrogens (primary N) is 1. The molecule has 0 saturated carbocycles. The predicted octanol–water partition coefficient (Wildman–Crippen LogP) is 3.40. The van der Waals surface area contributed by atoms with Crippen LogP contribution in [0.15, 0.2) is 18.2 Å². The first kappa shape index (κ1) is 12.5. The predicted molar refractivity (Wildman–Crippen MR) is 62.5 cm³/mol. The topological polar surface area (TPSA) is 26.0 Å². The van der Waals surface area contributed by atoms with E-state index in [1.165, 1.54) is 12.1 Å². The Kier molecular flexibility index (Phi) is 4.55. The van der Waals surface area contributed by atoms with E-state index in [0.717, 1.165) is 12.0 Å². The first-order valence-electron chi connectivity index (χ1n) is 5.24. The van der Waals surface area contributed by atoms with Crippen molar-refractivity contribution < 1.29 is 4.39 Å². The highest BCUT2D eigenvalue weighted by Gasteiger charge is 2.13. The summed E-state index contributed by atoms with van der Waals surface area (Å²) in [6, 6.07) is 4.44. The van der Waals surface area contributed by atoms with Crippen molar-refractivity contribution in [3.63, 3.8) is 0 Å². The molecule has 2 atom stereocenters. The second-order valence-corrected chi connectivity index (χ2v) is 4.40. The molecule has 0 radical (unpaired) electrons. The van der Waals surface area contributed by atoms with Crippen molar-refractivity contribution in [3.8, 4) is 0 Å². The fourth-order valence-electron chi connectivity index (χ4n) is 1.46. The van der Waals surface area contributed by atoms with E-state index in [1.54, 1.807) is 6.07 Å². The van der Waals surface area contributed by atoms with E-state index in [4.69, 9.17) is 17.3 Å². The highest BCUT2D eigenvalue weighted by molar-refractivity contribution is 6.31. The van der Waals surface area contributed by atoms with Crippen molar-refractivity contribution >= 4 is 11.6 Å². The van der Waals surface area contributed by atoms with Crippen molar-refractivity contribution in [1.82, 2.24) is 0 Å². The Labute approximate surface area is 95.4 Å².